The maximum atomic E-state index is 12.8. The van der Waals surface area contributed by atoms with Crippen molar-refractivity contribution >= 4 is 46.2 Å². The molecule has 1 aliphatic rings. The number of nitrogens with zero attached hydrogens (tertiary/aromatic N) is 2. The van der Waals surface area contributed by atoms with E-state index >= 15 is 0 Å². The average Bonchev–Trinajstić information content (AvgIpc) is 3.07. The number of hydrogen-bond donors (Lipinski definition) is 1. The quantitative estimate of drug-likeness (QED) is 0.768. The van der Waals surface area contributed by atoms with E-state index in [4.69, 9.17) is 11.6 Å². The van der Waals surface area contributed by atoms with E-state index in [0.29, 0.717) is 4.91 Å². The summed E-state index contributed by atoms with van der Waals surface area (Å²) in [7, 11) is 1.83. The van der Waals surface area contributed by atoms with Crippen molar-refractivity contribution in [1.82, 2.24) is 9.88 Å². The van der Waals surface area contributed by atoms with Crippen molar-refractivity contribution in [2.45, 2.75) is 6.18 Å². The molecule has 0 radical (unpaired) electrons. The fourth-order valence-corrected chi connectivity index (χ4v) is 3.10. The third-order valence-corrected chi connectivity index (χ3v) is 4.64. The van der Waals surface area contributed by atoms with Crippen molar-refractivity contribution in [3.05, 3.63) is 57.7 Å². The number of carbonyl (C=O) groups excluding carboxylic acids is 1. The molecule has 0 unspecified atom stereocenters. The van der Waals surface area contributed by atoms with Crippen LogP contribution in [0.2, 0.25) is 5.02 Å². The van der Waals surface area contributed by atoms with Crippen LogP contribution in [-0.2, 0) is 18.0 Å². The second-order valence-electron chi connectivity index (χ2n) is 5.19. The third-order valence-electron chi connectivity index (χ3n) is 3.41. The lowest BCUT2D eigenvalue weighted by Crippen LogP contribution is -2.19. The van der Waals surface area contributed by atoms with Gasteiger partial charge in [0.15, 0.2) is 5.17 Å². The number of amidine groups is 1. The van der Waals surface area contributed by atoms with Crippen LogP contribution in [0.25, 0.3) is 6.08 Å². The summed E-state index contributed by atoms with van der Waals surface area (Å²) in [5.41, 5.74) is -0.0967. The molecule has 1 amide bonds. The van der Waals surface area contributed by atoms with Crippen LogP contribution in [0.3, 0.4) is 0 Å². The number of alkyl halides is 3. The largest absolute Gasteiger partial charge is 0.416 e. The Labute approximate surface area is 150 Å². The number of rotatable bonds is 2. The number of aliphatic imine (C=N–C) groups is 1. The zero-order valence-electron chi connectivity index (χ0n) is 12.8. The number of nitrogens with one attached hydrogen (secondary N) is 1. The Hall–Kier alpha value is -2.19. The topological polar surface area (TPSA) is 46.4 Å². The molecule has 9 heteroatoms. The van der Waals surface area contributed by atoms with Gasteiger partial charge in [-0.1, -0.05) is 11.6 Å². The number of carbonyl (C=O) groups is 1. The maximum absolute atomic E-state index is 12.8. The van der Waals surface area contributed by atoms with E-state index in [0.717, 1.165) is 35.7 Å². The van der Waals surface area contributed by atoms with E-state index in [9.17, 15) is 18.0 Å². The summed E-state index contributed by atoms with van der Waals surface area (Å²) in [5, 5.41) is 2.76. The summed E-state index contributed by atoms with van der Waals surface area (Å²) in [6.45, 7) is 0. The molecule has 0 bridgehead atoms. The summed E-state index contributed by atoms with van der Waals surface area (Å²) < 4.78 is 40.3. The number of aryl methyl sites for hydroxylation is 1. The molecule has 1 N–H and O–H groups in total. The summed E-state index contributed by atoms with van der Waals surface area (Å²) in [5.74, 6) is -0.368. The molecule has 25 heavy (non-hydrogen) atoms. The Balaban J connectivity index is 1.90. The Morgan fingerprint density at radius 2 is 2.08 bits per heavy atom. The van der Waals surface area contributed by atoms with E-state index < -0.39 is 11.7 Å². The van der Waals surface area contributed by atoms with Gasteiger partial charge in [-0.15, -0.1) is 0 Å². The second-order valence-corrected chi connectivity index (χ2v) is 6.63. The normalized spacial score (nSPS) is 18.2. The van der Waals surface area contributed by atoms with Crippen molar-refractivity contribution in [1.29, 1.82) is 0 Å². The van der Waals surface area contributed by atoms with Crippen molar-refractivity contribution in [2.24, 2.45) is 12.0 Å². The van der Waals surface area contributed by atoms with Gasteiger partial charge in [0.1, 0.15) is 0 Å². The number of halogens is 4. The van der Waals surface area contributed by atoms with Crippen LogP contribution in [0.4, 0.5) is 18.9 Å². The van der Waals surface area contributed by atoms with Crippen LogP contribution in [0.15, 0.2) is 46.4 Å². The summed E-state index contributed by atoms with van der Waals surface area (Å²) in [6.07, 6.45) is -0.985. The summed E-state index contributed by atoms with van der Waals surface area (Å²) in [6, 6.07) is 6.53. The van der Waals surface area contributed by atoms with Gasteiger partial charge in [0.25, 0.3) is 5.91 Å². The first-order valence-electron chi connectivity index (χ1n) is 7.02. The minimum absolute atomic E-state index is 0.0561. The van der Waals surface area contributed by atoms with E-state index in [1.807, 2.05) is 29.9 Å². The van der Waals surface area contributed by atoms with Crippen LogP contribution in [0, 0.1) is 0 Å². The predicted octanol–water partition coefficient (Wildman–Crippen LogP) is 4.59. The average molecular weight is 386 g/mol. The molecule has 2 heterocycles. The zero-order valence-corrected chi connectivity index (χ0v) is 14.3. The third kappa shape index (κ3) is 3.91. The molecule has 1 aromatic heterocycles. The number of benzene rings is 1. The Morgan fingerprint density at radius 3 is 2.72 bits per heavy atom. The SMILES string of the molecule is Cn1cccc1C=C1SC(=Nc2cc(C(F)(F)F)ccc2Cl)NC1=O. The smallest absolute Gasteiger partial charge is 0.351 e. The highest BCUT2D eigenvalue weighted by molar-refractivity contribution is 8.18. The molecule has 3 rings (SSSR count). The molecule has 2 aromatic rings. The fourth-order valence-electron chi connectivity index (χ4n) is 2.12. The molecule has 1 aliphatic heterocycles. The summed E-state index contributed by atoms with van der Waals surface area (Å²) in [4.78, 5) is 16.5. The van der Waals surface area contributed by atoms with Crippen molar-refractivity contribution in [2.75, 3.05) is 0 Å². The van der Waals surface area contributed by atoms with E-state index in [1.54, 1.807) is 6.08 Å². The number of hydrogen-bond acceptors (Lipinski definition) is 3. The van der Waals surface area contributed by atoms with Crippen LogP contribution < -0.4 is 5.32 Å². The second kappa shape index (κ2) is 6.61. The first kappa shape index (κ1) is 17.6. The maximum Gasteiger partial charge on any atom is 0.416 e. The van der Waals surface area contributed by atoms with E-state index in [2.05, 4.69) is 10.3 Å². The predicted molar refractivity (Wildman–Crippen MR) is 92.7 cm³/mol. The van der Waals surface area contributed by atoms with Crippen molar-refractivity contribution in [3.63, 3.8) is 0 Å². The van der Waals surface area contributed by atoms with Gasteiger partial charge in [-0.2, -0.15) is 13.2 Å². The Kier molecular flexibility index (Phi) is 4.66. The Morgan fingerprint density at radius 1 is 1.32 bits per heavy atom. The van der Waals surface area contributed by atoms with Crippen molar-refractivity contribution < 1.29 is 18.0 Å². The first-order chi connectivity index (χ1) is 11.7. The molecule has 0 atom stereocenters. The molecule has 0 spiro atoms. The van der Waals surface area contributed by atoms with E-state index in [1.165, 1.54) is 0 Å². The van der Waals surface area contributed by atoms with Gasteiger partial charge in [0, 0.05) is 18.9 Å². The minimum atomic E-state index is -4.50. The zero-order chi connectivity index (χ0) is 18.2. The number of amides is 1. The van der Waals surface area contributed by atoms with Gasteiger partial charge >= 0.3 is 6.18 Å². The highest BCUT2D eigenvalue weighted by Crippen LogP contribution is 2.36. The van der Waals surface area contributed by atoms with Gasteiger partial charge in [-0.05, 0) is 48.2 Å². The molecule has 0 aliphatic carbocycles. The lowest BCUT2D eigenvalue weighted by Gasteiger charge is -2.08. The van der Waals surface area contributed by atoms with Crippen LogP contribution >= 0.6 is 23.4 Å². The fraction of sp³-hybridized carbons (Fsp3) is 0.125. The van der Waals surface area contributed by atoms with Gasteiger partial charge in [0.2, 0.25) is 0 Å². The molecule has 1 fully saturated rings. The van der Waals surface area contributed by atoms with Crippen molar-refractivity contribution in [3.8, 4) is 0 Å². The van der Waals surface area contributed by atoms with Gasteiger partial charge < -0.3 is 9.88 Å². The van der Waals surface area contributed by atoms with Crippen LogP contribution in [0.1, 0.15) is 11.3 Å². The van der Waals surface area contributed by atoms with E-state index in [-0.39, 0.29) is 21.8 Å². The molecular weight excluding hydrogens is 375 g/mol. The van der Waals surface area contributed by atoms with Crippen LogP contribution in [0.5, 0.6) is 0 Å². The van der Waals surface area contributed by atoms with Gasteiger partial charge in [-0.3, -0.25) is 4.79 Å². The first-order valence-corrected chi connectivity index (χ1v) is 8.21. The lowest BCUT2D eigenvalue weighted by atomic mass is 10.2. The minimum Gasteiger partial charge on any atom is -0.351 e. The highest BCUT2D eigenvalue weighted by Gasteiger charge is 2.31. The summed E-state index contributed by atoms with van der Waals surface area (Å²) >= 11 is 6.96. The standard InChI is InChI=1S/C16H11ClF3N3OS/c1-23-6-2-3-10(23)8-13-14(24)22-15(25-13)21-12-7-9(16(18,19)20)4-5-11(12)17/h2-8H,1H3,(H,21,22,24). The lowest BCUT2D eigenvalue weighted by molar-refractivity contribution is -0.137. The van der Waals surface area contributed by atoms with Crippen LogP contribution in [-0.4, -0.2) is 15.6 Å². The number of thioether (sulfide) groups is 1. The molecule has 1 saturated heterocycles. The molecule has 130 valence electrons. The monoisotopic (exact) mass is 385 g/mol. The molecular formula is C16H11ClF3N3OS. The van der Waals surface area contributed by atoms with Gasteiger partial charge in [-0.25, -0.2) is 4.99 Å². The molecule has 4 nitrogen and oxygen atoms in total. The highest BCUT2D eigenvalue weighted by atomic mass is 35.5. The molecule has 1 aromatic carbocycles. The Bertz CT molecular complexity index is 902. The van der Waals surface area contributed by atoms with Gasteiger partial charge in [0.05, 0.1) is 21.2 Å². The molecule has 0 saturated carbocycles. The number of aromatic nitrogens is 1.